The number of benzene rings is 2. The highest BCUT2D eigenvalue weighted by Gasteiger charge is 2.53. The number of nitrogens with one attached hydrogen (secondary N) is 1. The van der Waals surface area contributed by atoms with Gasteiger partial charge in [-0.15, -0.1) is 0 Å². The highest BCUT2D eigenvalue weighted by molar-refractivity contribution is 8.14. The molecule has 2 aliphatic rings. The molecule has 1 heterocycles. The summed E-state index contributed by atoms with van der Waals surface area (Å²) in [6.07, 6.45) is 7.59. The molecule has 1 aliphatic heterocycles. The van der Waals surface area contributed by atoms with Crippen molar-refractivity contribution in [2.75, 3.05) is 12.3 Å². The van der Waals surface area contributed by atoms with Crippen molar-refractivity contribution in [2.24, 2.45) is 21.7 Å². The van der Waals surface area contributed by atoms with E-state index < -0.39 is 5.66 Å². The molecule has 4 rings (SSSR count). The Labute approximate surface area is 264 Å². The van der Waals surface area contributed by atoms with E-state index in [1.165, 1.54) is 17.3 Å². The van der Waals surface area contributed by atoms with E-state index in [9.17, 15) is 9.59 Å². The molecule has 2 aromatic rings. The number of nitrogens with zero attached hydrogens (tertiary/aromatic N) is 2. The van der Waals surface area contributed by atoms with Crippen LogP contribution in [0.1, 0.15) is 121 Å². The lowest BCUT2D eigenvalue weighted by atomic mass is 9.69. The summed E-state index contributed by atoms with van der Waals surface area (Å²) in [6.45, 7) is 16.5. The first-order valence-electron chi connectivity index (χ1n) is 16.3. The van der Waals surface area contributed by atoms with E-state index in [1.54, 1.807) is 0 Å². The zero-order valence-corrected chi connectivity index (χ0v) is 28.4. The van der Waals surface area contributed by atoms with E-state index in [4.69, 9.17) is 4.99 Å². The molecule has 5 nitrogen and oxygen atoms in total. The van der Waals surface area contributed by atoms with Crippen LogP contribution in [0.25, 0.3) is 0 Å². The van der Waals surface area contributed by atoms with Crippen LogP contribution < -0.4 is 5.32 Å². The molecule has 1 spiro atoms. The minimum atomic E-state index is -0.446. The fourth-order valence-electron chi connectivity index (χ4n) is 6.59. The van der Waals surface area contributed by atoms with Crippen LogP contribution in [0.4, 0.5) is 0 Å². The maximum Gasteiger partial charge on any atom is 0.291 e. The Balaban J connectivity index is 1.68. The Morgan fingerprint density at radius 3 is 2.26 bits per heavy atom. The van der Waals surface area contributed by atoms with Crippen LogP contribution in [0.2, 0.25) is 0 Å². The summed E-state index contributed by atoms with van der Waals surface area (Å²) in [4.78, 5) is 34.2. The Hall–Kier alpha value is -2.60. The van der Waals surface area contributed by atoms with Gasteiger partial charge in [0.15, 0.2) is 5.84 Å². The van der Waals surface area contributed by atoms with Gasteiger partial charge in [-0.2, -0.15) is 0 Å². The molecule has 1 unspecified atom stereocenters. The van der Waals surface area contributed by atoms with Gasteiger partial charge in [-0.3, -0.25) is 14.6 Å². The van der Waals surface area contributed by atoms with Gasteiger partial charge in [-0.05, 0) is 79.2 Å². The predicted octanol–water partition coefficient (Wildman–Crippen LogP) is 8.84. The zero-order chi connectivity index (χ0) is 31.3. The van der Waals surface area contributed by atoms with Crippen molar-refractivity contribution in [1.29, 1.82) is 0 Å². The average molecular weight is 604 g/mol. The maximum atomic E-state index is 14.4. The molecule has 0 aromatic heterocycles. The lowest BCUT2D eigenvalue weighted by Crippen LogP contribution is -2.56. The molecular formula is C37H53N3O2S. The second kappa shape index (κ2) is 14.0. The number of hydrogen-bond acceptors (Lipinski definition) is 4. The summed E-state index contributed by atoms with van der Waals surface area (Å²) in [5, 5.41) is 3.85. The third-order valence-corrected chi connectivity index (χ3v) is 10.3. The molecule has 2 aromatic carbocycles. The number of carbonyl (C=O) groups excluding carboxylic acids is 2. The Bertz CT molecular complexity index is 1250. The number of rotatable bonds is 10. The monoisotopic (exact) mass is 603 g/mol. The average Bonchev–Trinajstić information content (AvgIpc) is 3.22. The lowest BCUT2D eigenvalue weighted by Gasteiger charge is -2.48. The number of hydrogen-bond donors (Lipinski definition) is 1. The van der Waals surface area contributed by atoms with Gasteiger partial charge in [0.2, 0.25) is 5.12 Å². The van der Waals surface area contributed by atoms with E-state index in [2.05, 4.69) is 82.9 Å². The minimum absolute atomic E-state index is 0.0137. The van der Waals surface area contributed by atoms with Crippen molar-refractivity contribution in [3.63, 3.8) is 0 Å². The van der Waals surface area contributed by atoms with E-state index in [0.29, 0.717) is 18.3 Å². The van der Waals surface area contributed by atoms with Crippen LogP contribution >= 0.6 is 11.8 Å². The molecule has 43 heavy (non-hydrogen) atoms. The van der Waals surface area contributed by atoms with Crippen molar-refractivity contribution >= 4 is 28.6 Å². The van der Waals surface area contributed by atoms with Gasteiger partial charge in [-0.25, -0.2) is 0 Å². The summed E-state index contributed by atoms with van der Waals surface area (Å²) in [5.74, 6) is 1.97. The largest absolute Gasteiger partial charge is 0.343 e. The standard InChI is InChI=1S/C37H53N3O2S/c1-8-26-43-34(42)29-16-14-28(15-17-29)31(20-22-35(2,3)4)40-33(41)32(38-25-21-27-12-10-9-11-13-27)39-37(40)23-18-30(19-24-37)36(5,6)7/h9-17,30-31H,8,18-26H2,1-7H3,(H,38,39). The molecule has 1 saturated heterocycles. The highest BCUT2D eigenvalue weighted by atomic mass is 32.2. The molecule has 1 atom stereocenters. The molecule has 1 saturated carbocycles. The van der Waals surface area contributed by atoms with Crippen molar-refractivity contribution in [3.8, 4) is 0 Å². The van der Waals surface area contributed by atoms with Gasteiger partial charge >= 0.3 is 0 Å². The van der Waals surface area contributed by atoms with Crippen LogP contribution in [0.15, 0.2) is 59.6 Å². The molecule has 234 valence electrons. The van der Waals surface area contributed by atoms with Gasteiger partial charge < -0.3 is 10.2 Å². The van der Waals surface area contributed by atoms with E-state index in [1.807, 2.05) is 30.3 Å². The van der Waals surface area contributed by atoms with Crippen molar-refractivity contribution in [2.45, 2.75) is 112 Å². The van der Waals surface area contributed by atoms with Crippen LogP contribution in [0.5, 0.6) is 0 Å². The molecule has 1 N–H and O–H groups in total. The molecule has 2 fully saturated rings. The molecule has 0 bridgehead atoms. The van der Waals surface area contributed by atoms with Crippen LogP contribution in [0, 0.1) is 16.7 Å². The second-order valence-corrected chi connectivity index (χ2v) is 15.9. The minimum Gasteiger partial charge on any atom is -0.343 e. The van der Waals surface area contributed by atoms with Crippen LogP contribution in [0.3, 0.4) is 0 Å². The first-order chi connectivity index (χ1) is 20.3. The molecule has 0 radical (unpaired) electrons. The topological polar surface area (TPSA) is 61.8 Å². The number of carbonyl (C=O) groups is 2. The number of thioether (sulfide) groups is 1. The number of amidine groups is 1. The smallest absolute Gasteiger partial charge is 0.291 e. The maximum absolute atomic E-state index is 14.4. The van der Waals surface area contributed by atoms with E-state index in [0.717, 1.165) is 68.2 Å². The van der Waals surface area contributed by atoms with Gasteiger partial charge in [-0.1, -0.05) is 115 Å². The lowest BCUT2D eigenvalue weighted by molar-refractivity contribution is -0.133. The van der Waals surface area contributed by atoms with Gasteiger partial charge in [0, 0.05) is 17.9 Å². The third kappa shape index (κ3) is 8.53. The highest BCUT2D eigenvalue weighted by Crippen LogP contribution is 2.48. The SMILES string of the molecule is CCCSC(=O)c1ccc(C(CCC(C)(C)C)N2C(=O)C(=NCCc3ccccc3)NC23CCC(C(C)(C)C)CC3)cc1. The summed E-state index contributed by atoms with van der Waals surface area (Å²) in [7, 11) is 0. The van der Waals surface area contributed by atoms with Crippen LogP contribution in [-0.2, 0) is 11.2 Å². The van der Waals surface area contributed by atoms with Gasteiger partial charge in [0.1, 0.15) is 5.66 Å². The second-order valence-electron chi connectivity index (χ2n) is 14.8. The summed E-state index contributed by atoms with van der Waals surface area (Å²) < 4.78 is 0. The first-order valence-corrected chi connectivity index (χ1v) is 17.3. The fraction of sp³-hybridized carbons (Fsp3) is 0.595. The third-order valence-electron chi connectivity index (χ3n) is 9.23. The van der Waals surface area contributed by atoms with E-state index >= 15 is 0 Å². The van der Waals surface area contributed by atoms with E-state index in [-0.39, 0.29) is 27.9 Å². The normalized spacial score (nSPS) is 22.7. The van der Waals surface area contributed by atoms with Gasteiger partial charge in [0.25, 0.3) is 5.91 Å². The van der Waals surface area contributed by atoms with Crippen LogP contribution in [-0.4, -0.2) is 39.7 Å². The number of amides is 1. The van der Waals surface area contributed by atoms with Crippen molar-refractivity contribution in [1.82, 2.24) is 10.2 Å². The quantitative estimate of drug-likeness (QED) is 0.295. The fourth-order valence-corrected chi connectivity index (χ4v) is 7.28. The Kier molecular flexibility index (Phi) is 10.8. The van der Waals surface area contributed by atoms with Crippen molar-refractivity contribution in [3.05, 3.63) is 71.3 Å². The summed E-state index contributed by atoms with van der Waals surface area (Å²) in [6, 6.07) is 18.3. The van der Waals surface area contributed by atoms with Crippen molar-refractivity contribution < 1.29 is 9.59 Å². The number of aliphatic imine (C=N–C) groups is 1. The predicted molar refractivity (Wildman–Crippen MR) is 182 cm³/mol. The molecule has 1 aliphatic carbocycles. The molecule has 6 heteroatoms. The summed E-state index contributed by atoms with van der Waals surface area (Å²) >= 11 is 1.38. The summed E-state index contributed by atoms with van der Waals surface area (Å²) in [5.41, 5.74) is 2.98. The Morgan fingerprint density at radius 2 is 1.67 bits per heavy atom. The molecule has 1 amide bonds. The Morgan fingerprint density at radius 1 is 1.02 bits per heavy atom. The zero-order valence-electron chi connectivity index (χ0n) is 27.5. The molecular weight excluding hydrogens is 550 g/mol. The first kappa shape index (κ1) is 33.3. The van der Waals surface area contributed by atoms with Gasteiger partial charge in [0.05, 0.1) is 6.04 Å².